The summed E-state index contributed by atoms with van der Waals surface area (Å²) in [4.78, 5) is 10.2. The SMILES string of the molecule is CCc1ccccc1NCc1ccc([N+](=O)[O-])cc1. The van der Waals surface area contributed by atoms with Crippen molar-refractivity contribution in [3.8, 4) is 0 Å². The predicted octanol–water partition coefficient (Wildman–Crippen LogP) is 3.77. The number of benzene rings is 2. The van der Waals surface area contributed by atoms with Crippen LogP contribution in [0.25, 0.3) is 0 Å². The molecule has 0 fully saturated rings. The molecular formula is C15H16N2O2. The number of hydrogen-bond acceptors (Lipinski definition) is 3. The van der Waals surface area contributed by atoms with Gasteiger partial charge in [-0.2, -0.15) is 0 Å². The highest BCUT2D eigenvalue weighted by atomic mass is 16.6. The highest BCUT2D eigenvalue weighted by Gasteiger charge is 2.04. The predicted molar refractivity (Wildman–Crippen MR) is 76.2 cm³/mol. The van der Waals surface area contributed by atoms with Crippen LogP contribution in [0.2, 0.25) is 0 Å². The molecule has 0 spiro atoms. The third-order valence-corrected chi connectivity index (χ3v) is 3.03. The summed E-state index contributed by atoms with van der Waals surface area (Å²) in [5.74, 6) is 0. The fourth-order valence-corrected chi connectivity index (χ4v) is 1.93. The molecular weight excluding hydrogens is 240 g/mol. The number of nitro groups is 1. The summed E-state index contributed by atoms with van der Waals surface area (Å²) in [7, 11) is 0. The molecule has 2 aromatic carbocycles. The van der Waals surface area contributed by atoms with E-state index in [4.69, 9.17) is 0 Å². The first-order valence-corrected chi connectivity index (χ1v) is 6.26. The number of non-ortho nitro benzene ring substituents is 1. The number of para-hydroxylation sites is 1. The molecule has 0 bridgehead atoms. The van der Waals surface area contributed by atoms with Gasteiger partial charge in [0.15, 0.2) is 0 Å². The Bertz CT molecular complexity index is 565. The van der Waals surface area contributed by atoms with Crippen LogP contribution < -0.4 is 5.32 Å². The van der Waals surface area contributed by atoms with Crippen molar-refractivity contribution >= 4 is 11.4 Å². The maximum atomic E-state index is 10.6. The Hall–Kier alpha value is -2.36. The lowest BCUT2D eigenvalue weighted by atomic mass is 10.1. The Morgan fingerprint density at radius 1 is 1.11 bits per heavy atom. The number of nitro benzene ring substituents is 1. The van der Waals surface area contributed by atoms with Crippen LogP contribution >= 0.6 is 0 Å². The van der Waals surface area contributed by atoms with Crippen LogP contribution in [0.3, 0.4) is 0 Å². The third kappa shape index (κ3) is 3.31. The molecule has 0 aliphatic rings. The van der Waals surface area contributed by atoms with Crippen molar-refractivity contribution in [2.45, 2.75) is 19.9 Å². The van der Waals surface area contributed by atoms with E-state index in [1.165, 1.54) is 17.7 Å². The van der Waals surface area contributed by atoms with Crippen molar-refractivity contribution in [2.75, 3.05) is 5.32 Å². The van der Waals surface area contributed by atoms with Crippen LogP contribution in [0.4, 0.5) is 11.4 Å². The van der Waals surface area contributed by atoms with Gasteiger partial charge in [0.05, 0.1) is 4.92 Å². The fourth-order valence-electron chi connectivity index (χ4n) is 1.93. The second-order valence-corrected chi connectivity index (χ2v) is 4.29. The molecule has 0 amide bonds. The van der Waals surface area contributed by atoms with E-state index in [1.807, 2.05) is 18.2 Å². The Balaban J connectivity index is 2.04. The zero-order valence-corrected chi connectivity index (χ0v) is 10.8. The van der Waals surface area contributed by atoms with E-state index < -0.39 is 0 Å². The van der Waals surface area contributed by atoms with Crippen molar-refractivity contribution < 1.29 is 4.92 Å². The van der Waals surface area contributed by atoms with Crippen LogP contribution in [0, 0.1) is 10.1 Å². The van der Waals surface area contributed by atoms with Gasteiger partial charge < -0.3 is 5.32 Å². The van der Waals surface area contributed by atoms with Gasteiger partial charge in [0, 0.05) is 24.4 Å². The van der Waals surface area contributed by atoms with Crippen molar-refractivity contribution in [2.24, 2.45) is 0 Å². The van der Waals surface area contributed by atoms with Gasteiger partial charge in [-0.1, -0.05) is 37.3 Å². The molecule has 0 atom stereocenters. The average molecular weight is 256 g/mol. The van der Waals surface area contributed by atoms with Gasteiger partial charge >= 0.3 is 0 Å². The second kappa shape index (κ2) is 6.00. The van der Waals surface area contributed by atoms with Crippen molar-refractivity contribution in [3.05, 3.63) is 69.8 Å². The Morgan fingerprint density at radius 2 is 1.79 bits per heavy atom. The summed E-state index contributed by atoms with van der Waals surface area (Å²) in [5, 5.41) is 13.9. The van der Waals surface area contributed by atoms with E-state index >= 15 is 0 Å². The molecule has 0 aliphatic heterocycles. The van der Waals surface area contributed by atoms with Crippen LogP contribution in [-0.2, 0) is 13.0 Å². The maximum Gasteiger partial charge on any atom is 0.269 e. The lowest BCUT2D eigenvalue weighted by Gasteiger charge is -2.10. The molecule has 0 saturated carbocycles. The summed E-state index contributed by atoms with van der Waals surface area (Å²) < 4.78 is 0. The first-order valence-electron chi connectivity index (χ1n) is 6.26. The van der Waals surface area contributed by atoms with Gasteiger partial charge in [0.2, 0.25) is 0 Å². The molecule has 19 heavy (non-hydrogen) atoms. The Labute approximate surface area is 112 Å². The molecule has 0 aromatic heterocycles. The van der Waals surface area contributed by atoms with E-state index in [0.29, 0.717) is 6.54 Å². The van der Waals surface area contributed by atoms with Gasteiger partial charge in [0.25, 0.3) is 5.69 Å². The average Bonchev–Trinajstić information content (AvgIpc) is 2.45. The topological polar surface area (TPSA) is 55.2 Å². The smallest absolute Gasteiger partial charge is 0.269 e. The normalized spacial score (nSPS) is 10.2. The standard InChI is InChI=1S/C15H16N2O2/c1-2-13-5-3-4-6-15(13)16-11-12-7-9-14(10-8-12)17(18)19/h3-10,16H,2,11H2,1H3. The largest absolute Gasteiger partial charge is 0.381 e. The van der Waals surface area contributed by atoms with E-state index in [2.05, 4.69) is 18.3 Å². The Kier molecular flexibility index (Phi) is 4.13. The van der Waals surface area contributed by atoms with Crippen LogP contribution in [0.1, 0.15) is 18.1 Å². The maximum absolute atomic E-state index is 10.6. The number of nitrogens with one attached hydrogen (secondary N) is 1. The molecule has 0 saturated heterocycles. The molecule has 1 N–H and O–H groups in total. The quantitative estimate of drug-likeness (QED) is 0.654. The minimum Gasteiger partial charge on any atom is -0.381 e. The summed E-state index contributed by atoms with van der Waals surface area (Å²) in [6.07, 6.45) is 0.976. The lowest BCUT2D eigenvalue weighted by molar-refractivity contribution is -0.384. The number of rotatable bonds is 5. The van der Waals surface area contributed by atoms with Crippen molar-refractivity contribution in [1.29, 1.82) is 0 Å². The molecule has 0 radical (unpaired) electrons. The minimum atomic E-state index is -0.385. The minimum absolute atomic E-state index is 0.123. The number of anilines is 1. The number of nitrogens with zero attached hydrogens (tertiary/aromatic N) is 1. The van der Waals surface area contributed by atoms with Gasteiger partial charge in [-0.05, 0) is 23.6 Å². The first kappa shape index (κ1) is 13.1. The van der Waals surface area contributed by atoms with Gasteiger partial charge in [-0.3, -0.25) is 10.1 Å². The summed E-state index contributed by atoms with van der Waals surface area (Å²) in [6.45, 7) is 2.78. The van der Waals surface area contributed by atoms with Crippen LogP contribution in [0.5, 0.6) is 0 Å². The third-order valence-electron chi connectivity index (χ3n) is 3.03. The molecule has 0 unspecified atom stereocenters. The number of aryl methyl sites for hydroxylation is 1. The molecule has 2 rings (SSSR count). The lowest BCUT2D eigenvalue weighted by Crippen LogP contribution is -2.02. The van der Waals surface area contributed by atoms with Crippen LogP contribution in [0.15, 0.2) is 48.5 Å². The van der Waals surface area contributed by atoms with E-state index in [9.17, 15) is 10.1 Å². The molecule has 0 aliphatic carbocycles. The van der Waals surface area contributed by atoms with Crippen molar-refractivity contribution in [1.82, 2.24) is 0 Å². The molecule has 0 heterocycles. The molecule has 2 aromatic rings. The summed E-state index contributed by atoms with van der Waals surface area (Å²) >= 11 is 0. The fraction of sp³-hybridized carbons (Fsp3) is 0.200. The summed E-state index contributed by atoms with van der Waals surface area (Å²) in [6, 6.07) is 14.8. The van der Waals surface area contributed by atoms with Crippen molar-refractivity contribution in [3.63, 3.8) is 0 Å². The summed E-state index contributed by atoms with van der Waals surface area (Å²) in [5.41, 5.74) is 3.53. The monoisotopic (exact) mass is 256 g/mol. The van der Waals surface area contributed by atoms with Gasteiger partial charge in [-0.15, -0.1) is 0 Å². The number of hydrogen-bond donors (Lipinski definition) is 1. The molecule has 4 nitrogen and oxygen atoms in total. The molecule has 4 heteroatoms. The highest BCUT2D eigenvalue weighted by molar-refractivity contribution is 5.51. The first-order chi connectivity index (χ1) is 9.20. The highest BCUT2D eigenvalue weighted by Crippen LogP contribution is 2.17. The van der Waals surface area contributed by atoms with Crippen LogP contribution in [-0.4, -0.2) is 4.92 Å². The van der Waals surface area contributed by atoms with E-state index in [1.54, 1.807) is 12.1 Å². The van der Waals surface area contributed by atoms with E-state index in [-0.39, 0.29) is 10.6 Å². The van der Waals surface area contributed by atoms with Gasteiger partial charge in [0.1, 0.15) is 0 Å². The van der Waals surface area contributed by atoms with E-state index in [0.717, 1.165) is 17.7 Å². The molecule has 98 valence electrons. The zero-order valence-electron chi connectivity index (χ0n) is 10.8. The second-order valence-electron chi connectivity index (χ2n) is 4.29. The zero-order chi connectivity index (χ0) is 13.7. The van der Waals surface area contributed by atoms with Gasteiger partial charge in [-0.25, -0.2) is 0 Å². The Morgan fingerprint density at radius 3 is 2.42 bits per heavy atom.